The molecule has 1 atom stereocenters. The Balaban J connectivity index is 4.44. The van der Waals surface area contributed by atoms with Gasteiger partial charge in [0.05, 0.1) is 6.10 Å². The number of hydrogen-bond acceptors (Lipinski definition) is 3. The van der Waals surface area contributed by atoms with Crippen molar-refractivity contribution in [3.63, 3.8) is 0 Å². The van der Waals surface area contributed by atoms with Crippen LogP contribution >= 0.6 is 0 Å². The summed E-state index contributed by atoms with van der Waals surface area (Å²) in [6.45, 7) is 1.39. The highest BCUT2D eigenvalue weighted by Crippen LogP contribution is 2.05. The summed E-state index contributed by atoms with van der Waals surface area (Å²) in [6.07, 6.45) is -0.442. The lowest BCUT2D eigenvalue weighted by Gasteiger charge is -2.02. The van der Waals surface area contributed by atoms with Gasteiger partial charge in [-0.3, -0.25) is 0 Å². The number of carbonyl (C=O) groups is 2. The molecule has 0 aliphatic carbocycles. The number of carboxylic acids is 2. The molecule has 0 aromatic heterocycles. The topological polar surface area (TPSA) is 94.8 Å². The van der Waals surface area contributed by atoms with E-state index in [0.29, 0.717) is 6.08 Å². The molecule has 0 aliphatic rings. The first-order chi connectivity index (χ1) is 5.43. The summed E-state index contributed by atoms with van der Waals surface area (Å²) in [5.41, 5.74) is -0.308. The zero-order chi connectivity index (χ0) is 9.72. The molecule has 68 valence electrons. The molecule has 5 nitrogen and oxygen atoms in total. The van der Waals surface area contributed by atoms with Gasteiger partial charge in [0.25, 0.3) is 0 Å². The third-order valence-corrected chi connectivity index (χ3v) is 1.09. The van der Waals surface area contributed by atoms with Gasteiger partial charge >= 0.3 is 11.9 Å². The van der Waals surface area contributed by atoms with Crippen LogP contribution in [0.1, 0.15) is 13.3 Å². The molecule has 0 aliphatic heterocycles. The van der Waals surface area contributed by atoms with Crippen LogP contribution in [0.25, 0.3) is 0 Å². The van der Waals surface area contributed by atoms with Gasteiger partial charge in [-0.2, -0.15) is 0 Å². The van der Waals surface area contributed by atoms with Gasteiger partial charge in [-0.15, -0.1) is 0 Å². The Bertz CT molecular complexity index is 216. The average Bonchev–Trinajstić information content (AvgIpc) is 1.83. The lowest BCUT2D eigenvalue weighted by Crippen LogP contribution is -2.10. The van der Waals surface area contributed by atoms with Gasteiger partial charge in [-0.05, 0) is 6.92 Å². The predicted molar refractivity (Wildman–Crippen MR) is 39.7 cm³/mol. The van der Waals surface area contributed by atoms with Crippen molar-refractivity contribution in [2.75, 3.05) is 0 Å². The smallest absolute Gasteiger partial charge is 0.331 e. The van der Waals surface area contributed by atoms with Gasteiger partial charge in [0.2, 0.25) is 0 Å². The highest BCUT2D eigenvalue weighted by molar-refractivity contribution is 5.94. The number of hydrogen-bond donors (Lipinski definition) is 3. The number of aliphatic hydroxyl groups is 1. The number of rotatable bonds is 4. The third-order valence-electron chi connectivity index (χ3n) is 1.09. The molecule has 0 radical (unpaired) electrons. The Morgan fingerprint density at radius 2 is 1.92 bits per heavy atom. The van der Waals surface area contributed by atoms with Gasteiger partial charge in [0.15, 0.2) is 0 Å². The summed E-state index contributed by atoms with van der Waals surface area (Å²) in [5, 5.41) is 25.4. The molecular formula is C7H10O5. The van der Waals surface area contributed by atoms with Gasteiger partial charge in [-0.25, -0.2) is 9.59 Å². The van der Waals surface area contributed by atoms with Gasteiger partial charge < -0.3 is 15.3 Å². The molecule has 0 amide bonds. The maximum absolute atomic E-state index is 10.3. The van der Waals surface area contributed by atoms with Gasteiger partial charge in [0, 0.05) is 18.1 Å². The van der Waals surface area contributed by atoms with Crippen LogP contribution in [0.4, 0.5) is 0 Å². The molecule has 0 bridgehead atoms. The summed E-state index contributed by atoms with van der Waals surface area (Å²) in [5.74, 6) is -2.65. The van der Waals surface area contributed by atoms with Crippen LogP contribution < -0.4 is 0 Å². The van der Waals surface area contributed by atoms with E-state index < -0.39 is 18.0 Å². The summed E-state index contributed by atoms with van der Waals surface area (Å²) in [7, 11) is 0. The fourth-order valence-electron chi connectivity index (χ4n) is 0.675. The van der Waals surface area contributed by atoms with Crippen molar-refractivity contribution in [2.45, 2.75) is 19.4 Å². The van der Waals surface area contributed by atoms with E-state index in [0.717, 1.165) is 0 Å². The maximum atomic E-state index is 10.3. The van der Waals surface area contributed by atoms with Crippen molar-refractivity contribution in [3.05, 3.63) is 11.6 Å². The van der Waals surface area contributed by atoms with Crippen molar-refractivity contribution in [2.24, 2.45) is 0 Å². The van der Waals surface area contributed by atoms with Crippen molar-refractivity contribution < 1.29 is 24.9 Å². The van der Waals surface area contributed by atoms with E-state index in [4.69, 9.17) is 15.3 Å². The Morgan fingerprint density at radius 1 is 1.42 bits per heavy atom. The second-order valence-corrected chi connectivity index (χ2v) is 2.37. The fourth-order valence-corrected chi connectivity index (χ4v) is 0.675. The SMILES string of the molecule is CC(O)C/C(=C/C(=O)O)C(=O)O. The molecule has 1 unspecified atom stereocenters. The summed E-state index contributed by atoms with van der Waals surface area (Å²) >= 11 is 0. The molecule has 0 aromatic rings. The lowest BCUT2D eigenvalue weighted by molar-refractivity contribution is -0.135. The van der Waals surface area contributed by atoms with E-state index in [1.807, 2.05) is 0 Å². The van der Waals surface area contributed by atoms with Crippen LogP contribution in [0.2, 0.25) is 0 Å². The van der Waals surface area contributed by atoms with Crippen LogP contribution in [0.15, 0.2) is 11.6 Å². The first kappa shape index (κ1) is 10.6. The lowest BCUT2D eigenvalue weighted by atomic mass is 10.1. The minimum absolute atomic E-state index is 0.165. The Labute approximate surface area is 68.9 Å². The molecule has 5 heteroatoms. The molecule has 0 fully saturated rings. The van der Waals surface area contributed by atoms with Gasteiger partial charge in [-0.1, -0.05) is 0 Å². The molecule has 12 heavy (non-hydrogen) atoms. The molecule has 0 saturated carbocycles. The summed E-state index contributed by atoms with van der Waals surface area (Å²) < 4.78 is 0. The normalized spacial score (nSPS) is 14.0. The first-order valence-electron chi connectivity index (χ1n) is 3.28. The molecule has 0 rings (SSSR count). The van der Waals surface area contributed by atoms with Crippen molar-refractivity contribution in [3.8, 4) is 0 Å². The minimum Gasteiger partial charge on any atom is -0.478 e. The molecule has 0 aromatic carbocycles. The van der Waals surface area contributed by atoms with Crippen molar-refractivity contribution >= 4 is 11.9 Å². The molecule has 0 heterocycles. The monoisotopic (exact) mass is 174 g/mol. The van der Waals surface area contributed by atoms with Crippen LogP contribution in [0.5, 0.6) is 0 Å². The molecular weight excluding hydrogens is 164 g/mol. The van der Waals surface area contributed by atoms with Crippen LogP contribution in [-0.2, 0) is 9.59 Å². The third kappa shape index (κ3) is 4.45. The highest BCUT2D eigenvalue weighted by Gasteiger charge is 2.11. The Morgan fingerprint density at radius 3 is 2.17 bits per heavy atom. The minimum atomic E-state index is -1.33. The Kier molecular flexibility index (Phi) is 3.99. The largest absolute Gasteiger partial charge is 0.478 e. The van der Waals surface area contributed by atoms with Gasteiger partial charge in [0.1, 0.15) is 0 Å². The molecule has 0 spiro atoms. The molecule has 0 saturated heterocycles. The second-order valence-electron chi connectivity index (χ2n) is 2.37. The van der Waals surface area contributed by atoms with Crippen LogP contribution in [0, 0.1) is 0 Å². The quantitative estimate of drug-likeness (QED) is 0.515. The maximum Gasteiger partial charge on any atom is 0.331 e. The van der Waals surface area contributed by atoms with E-state index >= 15 is 0 Å². The standard InChI is InChI=1S/C7H10O5/c1-4(8)2-5(7(11)12)3-6(9)10/h3-4,8H,2H2,1H3,(H,9,10)(H,11,12)/b5-3-. The molecule has 3 N–H and O–H groups in total. The van der Waals surface area contributed by atoms with E-state index in [2.05, 4.69) is 0 Å². The number of aliphatic hydroxyl groups excluding tert-OH is 1. The summed E-state index contributed by atoms with van der Waals surface area (Å²) in [6, 6.07) is 0. The fraction of sp³-hybridized carbons (Fsp3) is 0.429. The number of carboxylic acid groups (broad SMARTS) is 2. The average molecular weight is 174 g/mol. The van der Waals surface area contributed by atoms with E-state index in [1.165, 1.54) is 6.92 Å². The van der Waals surface area contributed by atoms with Crippen molar-refractivity contribution in [1.29, 1.82) is 0 Å². The highest BCUT2D eigenvalue weighted by atomic mass is 16.4. The predicted octanol–water partition coefficient (Wildman–Crippen LogP) is -0.147. The zero-order valence-electron chi connectivity index (χ0n) is 6.52. The van der Waals surface area contributed by atoms with E-state index in [-0.39, 0.29) is 12.0 Å². The van der Waals surface area contributed by atoms with Crippen LogP contribution in [0.3, 0.4) is 0 Å². The first-order valence-corrected chi connectivity index (χ1v) is 3.28. The van der Waals surface area contributed by atoms with Crippen molar-refractivity contribution in [1.82, 2.24) is 0 Å². The zero-order valence-corrected chi connectivity index (χ0v) is 6.52. The second kappa shape index (κ2) is 4.50. The van der Waals surface area contributed by atoms with Crippen LogP contribution in [-0.4, -0.2) is 33.4 Å². The number of aliphatic carboxylic acids is 2. The van der Waals surface area contributed by atoms with E-state index in [9.17, 15) is 9.59 Å². The summed E-state index contributed by atoms with van der Waals surface area (Å²) in [4.78, 5) is 20.4. The van der Waals surface area contributed by atoms with E-state index in [1.54, 1.807) is 0 Å². The Hall–Kier alpha value is -1.36.